The molecule has 1 aliphatic rings. The number of ether oxygens (including phenoxy) is 1. The number of nitrogens with one attached hydrogen (secondary N) is 1. The molecule has 2 N–H and O–H groups in total. The Morgan fingerprint density at radius 1 is 1.22 bits per heavy atom. The van der Waals surface area contributed by atoms with E-state index >= 15 is 0 Å². The van der Waals surface area contributed by atoms with E-state index in [0.29, 0.717) is 23.5 Å². The summed E-state index contributed by atoms with van der Waals surface area (Å²) in [5, 5.41) is 12.3. The number of aryl methyl sites for hydroxylation is 1. The molecule has 1 saturated carbocycles. The predicted molar refractivity (Wildman–Crippen MR) is 111 cm³/mol. The molecule has 1 fully saturated rings. The first-order valence-corrected chi connectivity index (χ1v) is 9.95. The van der Waals surface area contributed by atoms with Gasteiger partial charge in [-0.25, -0.2) is 4.98 Å². The van der Waals surface area contributed by atoms with Gasteiger partial charge in [-0.05, 0) is 54.8 Å². The smallest absolute Gasteiger partial charge is 0.481 e. The lowest BCUT2D eigenvalue weighted by Gasteiger charge is -2.11. The molecule has 0 unspecified atom stereocenters. The number of hydrogen-bond acceptors (Lipinski definition) is 5. The van der Waals surface area contributed by atoms with Gasteiger partial charge >= 0.3 is 12.3 Å². The van der Waals surface area contributed by atoms with Crippen molar-refractivity contribution < 1.29 is 27.8 Å². The van der Waals surface area contributed by atoms with Gasteiger partial charge in [0.1, 0.15) is 11.6 Å². The Kier molecular flexibility index (Phi) is 5.73. The van der Waals surface area contributed by atoms with Crippen LogP contribution >= 0.6 is 0 Å². The first-order chi connectivity index (χ1) is 15.2. The molecule has 4 rings (SSSR count). The van der Waals surface area contributed by atoms with Gasteiger partial charge in [0.25, 0.3) is 0 Å². The summed E-state index contributed by atoms with van der Waals surface area (Å²) in [5.74, 6) is -0.952. The molecule has 32 heavy (non-hydrogen) atoms. The third-order valence-corrected chi connectivity index (χ3v) is 5.26. The minimum Gasteiger partial charge on any atom is -0.481 e. The van der Waals surface area contributed by atoms with Crippen molar-refractivity contribution in [2.45, 2.75) is 32.2 Å². The fourth-order valence-electron chi connectivity index (χ4n) is 3.55. The lowest BCUT2D eigenvalue weighted by atomic mass is 10.1. The van der Waals surface area contributed by atoms with Gasteiger partial charge in [0.05, 0.1) is 11.6 Å². The zero-order chi connectivity index (χ0) is 22.9. The Labute approximate surface area is 182 Å². The third kappa shape index (κ3) is 5.16. The van der Waals surface area contributed by atoms with Crippen LogP contribution in [0.15, 0.2) is 54.7 Å². The molecule has 0 spiro atoms. The number of pyridine rings is 2. The van der Waals surface area contributed by atoms with Crippen LogP contribution in [0.5, 0.6) is 5.75 Å². The van der Waals surface area contributed by atoms with E-state index in [1.54, 1.807) is 18.3 Å². The van der Waals surface area contributed by atoms with Crippen molar-refractivity contribution in [2.24, 2.45) is 5.92 Å². The predicted octanol–water partition coefficient (Wildman–Crippen LogP) is 5.15. The molecular formula is C23H20F3N3O3. The highest BCUT2D eigenvalue weighted by atomic mass is 19.4. The summed E-state index contributed by atoms with van der Waals surface area (Å²) in [6.45, 7) is 2.19. The van der Waals surface area contributed by atoms with Crippen molar-refractivity contribution in [2.75, 3.05) is 5.32 Å². The van der Waals surface area contributed by atoms with E-state index in [4.69, 9.17) is 0 Å². The summed E-state index contributed by atoms with van der Waals surface area (Å²) < 4.78 is 41.1. The van der Waals surface area contributed by atoms with Crippen molar-refractivity contribution >= 4 is 11.8 Å². The molecule has 0 saturated heterocycles. The summed E-state index contributed by atoms with van der Waals surface area (Å²) >= 11 is 0. The summed E-state index contributed by atoms with van der Waals surface area (Å²) in [6, 6.07) is 13.1. The largest absolute Gasteiger partial charge is 0.573 e. The zero-order valence-electron chi connectivity index (χ0n) is 17.1. The lowest BCUT2D eigenvalue weighted by molar-refractivity contribution is -0.274. The summed E-state index contributed by atoms with van der Waals surface area (Å²) in [7, 11) is 0. The van der Waals surface area contributed by atoms with Gasteiger partial charge in [-0.1, -0.05) is 18.2 Å². The van der Waals surface area contributed by atoms with E-state index in [1.165, 1.54) is 18.2 Å². The van der Waals surface area contributed by atoms with Crippen LogP contribution in [0.2, 0.25) is 0 Å². The highest BCUT2D eigenvalue weighted by Gasteiger charge is 2.45. The Bertz CT molecular complexity index is 1130. The van der Waals surface area contributed by atoms with Crippen molar-refractivity contribution in [3.63, 3.8) is 0 Å². The van der Waals surface area contributed by atoms with Crippen LogP contribution in [-0.2, 0) is 11.3 Å². The van der Waals surface area contributed by atoms with Gasteiger partial charge in [0.2, 0.25) is 0 Å². The fourth-order valence-corrected chi connectivity index (χ4v) is 3.55. The van der Waals surface area contributed by atoms with Gasteiger partial charge in [0, 0.05) is 29.9 Å². The quantitative estimate of drug-likeness (QED) is 0.525. The maximum atomic E-state index is 12.4. The van der Waals surface area contributed by atoms with Crippen LogP contribution < -0.4 is 10.1 Å². The number of alkyl halides is 3. The van der Waals surface area contributed by atoms with Crippen LogP contribution in [0, 0.1) is 12.8 Å². The molecule has 0 radical (unpaired) electrons. The molecule has 6 nitrogen and oxygen atoms in total. The molecular weight excluding hydrogens is 423 g/mol. The van der Waals surface area contributed by atoms with E-state index in [9.17, 15) is 23.1 Å². The Morgan fingerprint density at radius 3 is 2.69 bits per heavy atom. The second-order valence-electron chi connectivity index (χ2n) is 7.67. The van der Waals surface area contributed by atoms with Crippen LogP contribution in [0.25, 0.3) is 11.3 Å². The average Bonchev–Trinajstić information content (AvgIpc) is 3.53. The first kappa shape index (κ1) is 21.6. The van der Waals surface area contributed by atoms with Crippen LogP contribution in [0.1, 0.15) is 29.2 Å². The van der Waals surface area contributed by atoms with E-state index in [-0.39, 0.29) is 24.1 Å². The number of halogens is 3. The highest BCUT2D eigenvalue weighted by Crippen LogP contribution is 2.48. The number of aliphatic carboxylic acids is 1. The maximum Gasteiger partial charge on any atom is 0.573 e. The molecule has 166 valence electrons. The monoisotopic (exact) mass is 443 g/mol. The Hall–Kier alpha value is -3.62. The van der Waals surface area contributed by atoms with E-state index in [2.05, 4.69) is 20.0 Å². The lowest BCUT2D eigenvalue weighted by Crippen LogP contribution is -2.17. The summed E-state index contributed by atoms with van der Waals surface area (Å²) in [6.07, 6.45) is -2.49. The number of benzene rings is 1. The minimum absolute atomic E-state index is 0.0570. The van der Waals surface area contributed by atoms with Gasteiger partial charge in [-0.15, -0.1) is 13.2 Å². The number of carboxylic acid groups (broad SMARTS) is 1. The molecule has 9 heteroatoms. The van der Waals surface area contributed by atoms with Crippen LogP contribution in [-0.4, -0.2) is 27.4 Å². The van der Waals surface area contributed by atoms with Crippen molar-refractivity contribution in [3.8, 4) is 17.0 Å². The van der Waals surface area contributed by atoms with Crippen LogP contribution in [0.3, 0.4) is 0 Å². The average molecular weight is 443 g/mol. The zero-order valence-corrected chi connectivity index (χ0v) is 17.1. The standard InChI is InChI=1S/C23H20F3N3O3/c1-13-5-7-19(29-21(13)17-10-18(17)22(30)31)15-6-8-20(28-12-15)27-11-14-3-2-4-16(9-14)32-23(24,25)26/h2-9,12,17-18H,10-11H2,1H3,(H,27,28)(H,30,31)/t17-,18-/m0/s1. The molecule has 1 aromatic carbocycles. The van der Waals surface area contributed by atoms with Gasteiger partial charge in [0.15, 0.2) is 0 Å². The van der Waals surface area contributed by atoms with Gasteiger partial charge < -0.3 is 15.2 Å². The molecule has 2 heterocycles. The number of anilines is 1. The van der Waals surface area contributed by atoms with E-state index in [1.807, 2.05) is 25.1 Å². The number of hydrogen-bond donors (Lipinski definition) is 2. The molecule has 0 aliphatic heterocycles. The van der Waals surface area contributed by atoms with E-state index < -0.39 is 12.3 Å². The third-order valence-electron chi connectivity index (χ3n) is 5.26. The number of carboxylic acids is 1. The normalized spacial score (nSPS) is 17.6. The van der Waals surface area contributed by atoms with Crippen LogP contribution in [0.4, 0.5) is 19.0 Å². The maximum absolute atomic E-state index is 12.4. The Morgan fingerprint density at radius 2 is 2.03 bits per heavy atom. The van der Waals surface area contributed by atoms with Crippen molar-refractivity contribution in [3.05, 3.63) is 71.5 Å². The summed E-state index contributed by atoms with van der Waals surface area (Å²) in [4.78, 5) is 20.2. The SMILES string of the molecule is Cc1ccc(-c2ccc(NCc3cccc(OC(F)(F)F)c3)nc2)nc1[C@H]1C[C@@H]1C(=O)O. The number of aromatic nitrogens is 2. The van der Waals surface area contributed by atoms with Crippen molar-refractivity contribution in [1.82, 2.24) is 9.97 Å². The van der Waals surface area contributed by atoms with Gasteiger partial charge in [-0.3, -0.25) is 9.78 Å². The van der Waals surface area contributed by atoms with Gasteiger partial charge in [-0.2, -0.15) is 0 Å². The Balaban J connectivity index is 1.42. The second-order valence-corrected chi connectivity index (χ2v) is 7.67. The molecule has 3 aromatic rings. The molecule has 0 bridgehead atoms. The molecule has 2 atom stereocenters. The topological polar surface area (TPSA) is 84.3 Å². The fraction of sp³-hybridized carbons (Fsp3) is 0.261. The van der Waals surface area contributed by atoms with E-state index in [0.717, 1.165) is 16.8 Å². The summed E-state index contributed by atoms with van der Waals surface area (Å²) in [5.41, 5.74) is 3.87. The van der Waals surface area contributed by atoms with Crippen molar-refractivity contribution in [1.29, 1.82) is 0 Å². The second kappa shape index (κ2) is 8.49. The number of nitrogens with zero attached hydrogens (tertiary/aromatic N) is 2. The number of carbonyl (C=O) groups is 1. The molecule has 1 aliphatic carbocycles. The first-order valence-electron chi connectivity index (χ1n) is 9.95. The molecule has 2 aromatic heterocycles. The number of rotatable bonds is 7. The molecule has 0 amide bonds. The highest BCUT2D eigenvalue weighted by molar-refractivity contribution is 5.75. The minimum atomic E-state index is -4.73.